The van der Waals surface area contributed by atoms with E-state index in [9.17, 15) is 0 Å². The van der Waals surface area contributed by atoms with Crippen LogP contribution in [0.3, 0.4) is 0 Å². The van der Waals surface area contributed by atoms with E-state index in [2.05, 4.69) is 249 Å². The van der Waals surface area contributed by atoms with Crippen molar-refractivity contribution in [1.82, 2.24) is 23.1 Å². The average Bonchev–Trinajstić information content (AvgIpc) is 1.55. The van der Waals surface area contributed by atoms with Crippen LogP contribution in [0.5, 0.6) is 11.5 Å². The Kier molecular flexibility index (Phi) is 10.8. The van der Waals surface area contributed by atoms with Crippen LogP contribution in [0.1, 0.15) is 59.5 Å². The molecule has 0 saturated heterocycles. The zero-order valence-electron chi connectivity index (χ0n) is 50.7. The summed E-state index contributed by atoms with van der Waals surface area (Å²) in [6, 6.07) is 73.0. The number of hydrogen-bond acceptors (Lipinski definition) is 2. The SMILES string of the molecule is [2H]c1c([2H])c([2H])c(-c2ccc3c(c2)c2ccc(Oc4ccc5c(c4)n4[c](=[Pt])n(-c6c(-c7ccccc7)cccc6-c6ccccc6)c6cccc(c7ccccc7n5-c5ccc(C(C)(C)C)cc5)c64)cc2n3-c2cc(C(C)(C)C)ccn2)c([2H])c1[2H]. The molecular formula is C74H59N5OPt. The maximum absolute atomic E-state index is 8.89. The van der Waals surface area contributed by atoms with Crippen molar-refractivity contribution < 1.29 is 30.9 Å². The summed E-state index contributed by atoms with van der Waals surface area (Å²) in [5.41, 5.74) is 16.0. The number of hydrogen-bond donors (Lipinski definition) is 0. The Hall–Kier alpha value is -9.09. The van der Waals surface area contributed by atoms with Crippen molar-refractivity contribution in [1.29, 1.82) is 0 Å². The quantitative estimate of drug-likeness (QED) is 0.152. The van der Waals surface area contributed by atoms with Crippen molar-refractivity contribution in [2.75, 3.05) is 0 Å². The van der Waals surface area contributed by atoms with Gasteiger partial charge < -0.3 is 0 Å². The van der Waals surface area contributed by atoms with Crippen molar-refractivity contribution in [3.05, 3.63) is 264 Å². The third-order valence-electron chi connectivity index (χ3n) is 15.7. The fourth-order valence-corrected chi connectivity index (χ4v) is 12.8. The second-order valence-corrected chi connectivity index (χ2v) is 23.8. The Labute approximate surface area is 489 Å². The Bertz CT molecular complexity index is 5100. The van der Waals surface area contributed by atoms with Gasteiger partial charge in [-0.3, -0.25) is 0 Å². The van der Waals surface area contributed by atoms with Gasteiger partial charge in [-0.25, -0.2) is 0 Å². The first-order valence-electron chi connectivity index (χ1n) is 29.9. The number of nitrogens with zero attached hydrogens (tertiary/aromatic N) is 5. The van der Waals surface area contributed by atoms with Crippen LogP contribution in [0.2, 0.25) is 0 Å². The van der Waals surface area contributed by atoms with Gasteiger partial charge in [0, 0.05) is 6.20 Å². The van der Waals surface area contributed by atoms with E-state index in [0.717, 1.165) is 103 Å². The molecule has 4 heterocycles. The molecule has 396 valence electrons. The normalized spacial score (nSPS) is 13.0. The van der Waals surface area contributed by atoms with E-state index in [4.69, 9.17) is 16.6 Å². The Morgan fingerprint density at radius 1 is 0.420 bits per heavy atom. The van der Waals surface area contributed by atoms with Crippen molar-refractivity contribution in [3.63, 3.8) is 0 Å². The van der Waals surface area contributed by atoms with Gasteiger partial charge in [0.2, 0.25) is 0 Å². The molecule has 0 bridgehead atoms. The summed E-state index contributed by atoms with van der Waals surface area (Å²) in [5, 5.41) is 3.89. The summed E-state index contributed by atoms with van der Waals surface area (Å²) >= 11 is 2.55. The molecule has 0 aliphatic heterocycles. The van der Waals surface area contributed by atoms with Gasteiger partial charge in [-0.2, -0.15) is 0 Å². The zero-order chi connectivity index (χ0) is 59.5. The van der Waals surface area contributed by atoms with E-state index in [1.54, 1.807) is 0 Å². The van der Waals surface area contributed by atoms with Crippen LogP contribution < -0.4 is 4.74 Å². The molecule has 0 aliphatic rings. The number of aromatic nitrogens is 5. The molecule has 0 amide bonds. The summed E-state index contributed by atoms with van der Waals surface area (Å²) in [5.74, 6) is 1.93. The van der Waals surface area contributed by atoms with Gasteiger partial charge in [-0.15, -0.1) is 0 Å². The van der Waals surface area contributed by atoms with Gasteiger partial charge >= 0.3 is 394 Å². The number of pyridine rings is 1. The van der Waals surface area contributed by atoms with Crippen molar-refractivity contribution in [2.45, 2.75) is 52.4 Å². The summed E-state index contributed by atoms with van der Waals surface area (Å²) < 4.78 is 60.6. The first-order chi connectivity index (χ1) is 41.4. The van der Waals surface area contributed by atoms with E-state index in [1.807, 2.05) is 48.7 Å². The van der Waals surface area contributed by atoms with Crippen LogP contribution in [0.25, 0.3) is 111 Å². The third-order valence-corrected chi connectivity index (χ3v) is 16.7. The average molecular weight is 1230 g/mol. The maximum atomic E-state index is 8.89. The molecule has 0 spiro atoms. The molecule has 0 unspecified atom stereocenters. The summed E-state index contributed by atoms with van der Waals surface area (Å²) in [4.78, 5) is 4.98. The number of fused-ring (bicyclic) bond motifs is 7. The molecule has 0 radical (unpaired) electrons. The standard InChI is InChI=1S/C74H59N5O.Pt/c1-73(2,3)53-33-35-55(36-34-53)78-64-30-17-16-26-60(64)62-29-19-31-67-72(62)77(48-76(67)71-58(50-22-12-8-13-23-50)27-18-28-59(71)51-24-14-9-15-25-51)69-47-57(38-41-66(69)78)80-56-37-39-61-63-44-52(49-20-10-7-11-21-49)32-40-65(63)79(68(61)46-56)70-45-54(42-43-75-70)74(4,5)6;/h7-47H,1-6H3;/i7D,10D,11D,20D,21D;. The molecule has 0 aliphatic carbocycles. The van der Waals surface area contributed by atoms with E-state index in [0.29, 0.717) is 22.9 Å². The monoisotopic (exact) mass is 1230 g/mol. The summed E-state index contributed by atoms with van der Waals surface area (Å²) in [6.45, 7) is 13.3. The number of rotatable bonds is 8. The zero-order valence-corrected chi connectivity index (χ0v) is 48.0. The summed E-state index contributed by atoms with van der Waals surface area (Å²) in [7, 11) is 0. The minimum absolute atomic E-state index is 0.0492. The fraction of sp³-hybridized carbons (Fsp3) is 0.108. The number of benzene rings is 10. The topological polar surface area (TPSA) is 41.3 Å². The summed E-state index contributed by atoms with van der Waals surface area (Å²) in [6.07, 6.45) is 1.85. The molecule has 4 aromatic heterocycles. The number of para-hydroxylation sites is 3. The predicted molar refractivity (Wildman–Crippen MR) is 333 cm³/mol. The van der Waals surface area contributed by atoms with Gasteiger partial charge in [-0.05, 0) is 28.2 Å². The van der Waals surface area contributed by atoms with Crippen LogP contribution in [-0.4, -0.2) is 23.1 Å². The molecule has 0 saturated carbocycles. The van der Waals surface area contributed by atoms with Gasteiger partial charge in [-0.1, -0.05) is 57.0 Å². The Morgan fingerprint density at radius 2 is 1.01 bits per heavy atom. The van der Waals surface area contributed by atoms with Crippen molar-refractivity contribution >= 4 is 60.2 Å². The fourth-order valence-electron chi connectivity index (χ4n) is 11.7. The second kappa shape index (κ2) is 19.6. The number of imidazole rings is 1. The van der Waals surface area contributed by atoms with Crippen molar-refractivity contribution in [2.24, 2.45) is 0 Å². The Balaban J connectivity index is 1.05. The second-order valence-electron chi connectivity index (χ2n) is 22.8. The molecule has 14 aromatic rings. The van der Waals surface area contributed by atoms with E-state index in [-0.39, 0.29) is 40.6 Å². The molecule has 0 fully saturated rings. The smallest absolute Gasteiger partial charge is 0.0617 e. The molecule has 0 atom stereocenters. The number of ether oxygens (including phenoxy) is 1. The first kappa shape index (κ1) is 44.7. The first-order valence-corrected chi connectivity index (χ1v) is 28.5. The van der Waals surface area contributed by atoms with Gasteiger partial charge in [0.15, 0.2) is 0 Å². The molecule has 14 rings (SSSR count). The van der Waals surface area contributed by atoms with Gasteiger partial charge in [0.25, 0.3) is 0 Å². The minimum Gasteiger partial charge on any atom is -0.0617 e. The van der Waals surface area contributed by atoms with Crippen LogP contribution in [0, 0.1) is 3.80 Å². The van der Waals surface area contributed by atoms with Crippen molar-refractivity contribution in [3.8, 4) is 62.1 Å². The molecule has 0 N–H and O–H groups in total. The van der Waals surface area contributed by atoms with Crippen LogP contribution >= 0.6 is 0 Å². The minimum atomic E-state index is -0.427. The predicted octanol–water partition coefficient (Wildman–Crippen LogP) is 19.5. The van der Waals surface area contributed by atoms with Crippen LogP contribution in [0.4, 0.5) is 0 Å². The Morgan fingerprint density at radius 3 is 1.72 bits per heavy atom. The van der Waals surface area contributed by atoms with Crippen LogP contribution in [0.15, 0.2) is 249 Å². The molecule has 6 nitrogen and oxygen atoms in total. The molecule has 81 heavy (non-hydrogen) atoms. The van der Waals surface area contributed by atoms with E-state index < -0.39 is 6.04 Å². The van der Waals surface area contributed by atoms with Crippen LogP contribution in [-0.2, 0) is 30.2 Å². The van der Waals surface area contributed by atoms with E-state index >= 15 is 0 Å². The molecule has 10 aromatic carbocycles. The van der Waals surface area contributed by atoms with E-state index in [1.165, 1.54) is 5.56 Å². The molecular weight excluding hydrogens is 1170 g/mol. The third kappa shape index (κ3) is 8.68. The van der Waals surface area contributed by atoms with Gasteiger partial charge in [0.05, 0.1) is 6.85 Å². The van der Waals surface area contributed by atoms with Gasteiger partial charge in [0.1, 0.15) is 0 Å². The molecule has 7 heteroatoms.